The monoisotopic (exact) mass is 355 g/mol. The average Bonchev–Trinajstić information content (AvgIpc) is 2.38. The molecule has 4 heteroatoms. The molecule has 106 valence electrons. The summed E-state index contributed by atoms with van der Waals surface area (Å²) in [6, 6.07) is 9.01. The van der Waals surface area contributed by atoms with Gasteiger partial charge in [0.15, 0.2) is 0 Å². The molecule has 0 aromatic heterocycles. The summed E-state index contributed by atoms with van der Waals surface area (Å²) in [5, 5.41) is 3.67. The van der Waals surface area contributed by atoms with Crippen LogP contribution in [0, 0.1) is 19.7 Å². The van der Waals surface area contributed by atoms with E-state index in [0.717, 1.165) is 11.1 Å². The van der Waals surface area contributed by atoms with E-state index in [1.54, 1.807) is 6.07 Å². The molecule has 1 nitrogen and oxygen atoms in total. The maximum atomic E-state index is 14.2. The maximum absolute atomic E-state index is 14.2. The summed E-state index contributed by atoms with van der Waals surface area (Å²) in [6.45, 7) is 4.08. The summed E-state index contributed by atoms with van der Waals surface area (Å²) in [7, 11) is 1.82. The third-order valence-electron chi connectivity index (χ3n) is 3.38. The second kappa shape index (κ2) is 6.25. The van der Waals surface area contributed by atoms with Gasteiger partial charge in [0.2, 0.25) is 0 Å². The molecular weight excluding hydrogens is 341 g/mol. The topological polar surface area (TPSA) is 12.0 Å². The standard InChI is InChI=1S/C16H16BrClFN/c1-9-4-5-11(10(2)6-9)16(20-3)12-7-14(18)13(17)8-15(12)19/h4-8,16,20H,1-3H3. The lowest BCUT2D eigenvalue weighted by Crippen LogP contribution is -2.20. The zero-order valence-electron chi connectivity index (χ0n) is 11.6. The van der Waals surface area contributed by atoms with Gasteiger partial charge < -0.3 is 5.32 Å². The van der Waals surface area contributed by atoms with Crippen LogP contribution in [0.1, 0.15) is 28.3 Å². The van der Waals surface area contributed by atoms with Crippen molar-refractivity contribution >= 4 is 27.5 Å². The Balaban J connectivity index is 2.55. The first-order valence-corrected chi connectivity index (χ1v) is 7.50. The predicted molar refractivity (Wildman–Crippen MR) is 85.9 cm³/mol. The molecule has 0 spiro atoms. The highest BCUT2D eigenvalue weighted by Gasteiger charge is 2.19. The van der Waals surface area contributed by atoms with Gasteiger partial charge >= 0.3 is 0 Å². The van der Waals surface area contributed by atoms with E-state index in [2.05, 4.69) is 27.3 Å². The number of nitrogens with one attached hydrogen (secondary N) is 1. The van der Waals surface area contributed by atoms with E-state index in [4.69, 9.17) is 11.6 Å². The molecule has 1 N–H and O–H groups in total. The van der Waals surface area contributed by atoms with Crippen molar-refractivity contribution in [3.63, 3.8) is 0 Å². The smallest absolute Gasteiger partial charge is 0.129 e. The van der Waals surface area contributed by atoms with E-state index in [1.807, 2.05) is 33.0 Å². The molecule has 1 unspecified atom stereocenters. The Morgan fingerprint density at radius 1 is 1.15 bits per heavy atom. The van der Waals surface area contributed by atoms with E-state index in [9.17, 15) is 4.39 Å². The van der Waals surface area contributed by atoms with Crippen molar-refractivity contribution in [2.45, 2.75) is 19.9 Å². The number of hydrogen-bond acceptors (Lipinski definition) is 1. The zero-order valence-corrected chi connectivity index (χ0v) is 13.9. The largest absolute Gasteiger partial charge is 0.309 e. The fourth-order valence-electron chi connectivity index (χ4n) is 2.39. The van der Waals surface area contributed by atoms with Crippen LogP contribution in [0.4, 0.5) is 4.39 Å². The van der Waals surface area contributed by atoms with Gasteiger partial charge in [-0.05, 0) is 60.1 Å². The highest BCUT2D eigenvalue weighted by atomic mass is 79.9. The molecule has 0 aliphatic heterocycles. The first kappa shape index (κ1) is 15.5. The number of aryl methyl sites for hydroxylation is 2. The minimum Gasteiger partial charge on any atom is -0.309 e. The Kier molecular flexibility index (Phi) is 4.84. The molecule has 0 aliphatic rings. The van der Waals surface area contributed by atoms with Gasteiger partial charge in [0.1, 0.15) is 5.82 Å². The SMILES string of the molecule is CNC(c1ccc(C)cc1C)c1cc(Cl)c(Br)cc1F. The molecule has 2 rings (SSSR count). The molecule has 1 atom stereocenters. The molecule has 0 heterocycles. The van der Waals surface area contributed by atoms with Crippen LogP contribution < -0.4 is 5.32 Å². The van der Waals surface area contributed by atoms with Crippen LogP contribution in [0.5, 0.6) is 0 Å². The molecular formula is C16H16BrClFN. The first-order valence-electron chi connectivity index (χ1n) is 6.33. The van der Waals surface area contributed by atoms with E-state index < -0.39 is 0 Å². The average molecular weight is 357 g/mol. The summed E-state index contributed by atoms with van der Waals surface area (Å²) in [6.07, 6.45) is 0. The Hall–Kier alpha value is -0.900. The third kappa shape index (κ3) is 3.05. The van der Waals surface area contributed by atoms with Crippen LogP contribution in [0.15, 0.2) is 34.8 Å². The van der Waals surface area contributed by atoms with Gasteiger partial charge in [-0.15, -0.1) is 0 Å². The second-order valence-electron chi connectivity index (χ2n) is 4.87. The molecule has 2 aromatic carbocycles. The quantitative estimate of drug-likeness (QED) is 0.748. The van der Waals surface area contributed by atoms with Gasteiger partial charge in [-0.1, -0.05) is 35.4 Å². The molecule has 0 saturated carbocycles. The van der Waals surface area contributed by atoms with Crippen molar-refractivity contribution in [2.75, 3.05) is 7.05 Å². The van der Waals surface area contributed by atoms with E-state index in [0.29, 0.717) is 15.1 Å². The number of halogens is 3. The number of benzene rings is 2. The van der Waals surface area contributed by atoms with Crippen molar-refractivity contribution < 1.29 is 4.39 Å². The summed E-state index contributed by atoms with van der Waals surface area (Å²) in [5.74, 6) is -0.277. The number of rotatable bonds is 3. The normalized spacial score (nSPS) is 12.5. The van der Waals surface area contributed by atoms with Crippen LogP contribution in [-0.2, 0) is 0 Å². The minimum absolute atomic E-state index is 0.221. The number of hydrogen-bond donors (Lipinski definition) is 1. The Labute approximate surface area is 132 Å². The van der Waals surface area contributed by atoms with Crippen LogP contribution in [0.3, 0.4) is 0 Å². The van der Waals surface area contributed by atoms with Crippen molar-refractivity contribution in [2.24, 2.45) is 0 Å². The van der Waals surface area contributed by atoms with Gasteiger partial charge in [0.25, 0.3) is 0 Å². The van der Waals surface area contributed by atoms with E-state index >= 15 is 0 Å². The van der Waals surface area contributed by atoms with Crippen molar-refractivity contribution in [1.29, 1.82) is 0 Å². The van der Waals surface area contributed by atoms with Gasteiger partial charge in [-0.3, -0.25) is 0 Å². The molecule has 0 bridgehead atoms. The Bertz CT molecular complexity index is 643. The Morgan fingerprint density at radius 3 is 2.45 bits per heavy atom. The van der Waals surface area contributed by atoms with Crippen molar-refractivity contribution in [3.05, 3.63) is 67.9 Å². The summed E-state index contributed by atoms with van der Waals surface area (Å²) >= 11 is 9.34. The molecule has 2 aromatic rings. The Morgan fingerprint density at radius 2 is 1.85 bits per heavy atom. The second-order valence-corrected chi connectivity index (χ2v) is 6.13. The predicted octanol–water partition coefficient (Wildman–Crippen LogP) is 5.17. The highest BCUT2D eigenvalue weighted by Crippen LogP contribution is 2.32. The molecule has 0 amide bonds. The fraction of sp³-hybridized carbons (Fsp3) is 0.250. The lowest BCUT2D eigenvalue weighted by molar-refractivity contribution is 0.574. The van der Waals surface area contributed by atoms with Gasteiger partial charge in [0.05, 0.1) is 11.1 Å². The maximum Gasteiger partial charge on any atom is 0.129 e. The van der Waals surface area contributed by atoms with Gasteiger partial charge in [-0.25, -0.2) is 4.39 Å². The summed E-state index contributed by atoms with van der Waals surface area (Å²) in [5.41, 5.74) is 3.92. The van der Waals surface area contributed by atoms with Crippen molar-refractivity contribution in [1.82, 2.24) is 5.32 Å². The molecule has 0 aliphatic carbocycles. The van der Waals surface area contributed by atoms with Crippen LogP contribution in [0.25, 0.3) is 0 Å². The van der Waals surface area contributed by atoms with Crippen LogP contribution in [-0.4, -0.2) is 7.05 Å². The van der Waals surface area contributed by atoms with Crippen LogP contribution in [0.2, 0.25) is 5.02 Å². The van der Waals surface area contributed by atoms with Gasteiger partial charge in [-0.2, -0.15) is 0 Å². The fourth-order valence-corrected chi connectivity index (χ4v) is 2.87. The molecule has 0 saturated heterocycles. The van der Waals surface area contributed by atoms with Crippen molar-refractivity contribution in [3.8, 4) is 0 Å². The van der Waals surface area contributed by atoms with E-state index in [-0.39, 0.29) is 11.9 Å². The summed E-state index contributed by atoms with van der Waals surface area (Å²) in [4.78, 5) is 0. The lowest BCUT2D eigenvalue weighted by atomic mass is 9.93. The van der Waals surface area contributed by atoms with Crippen LogP contribution >= 0.6 is 27.5 Å². The highest BCUT2D eigenvalue weighted by molar-refractivity contribution is 9.10. The van der Waals surface area contributed by atoms with Gasteiger partial charge in [0, 0.05) is 10.0 Å². The lowest BCUT2D eigenvalue weighted by Gasteiger charge is -2.21. The van der Waals surface area contributed by atoms with E-state index in [1.165, 1.54) is 11.6 Å². The summed E-state index contributed by atoms with van der Waals surface area (Å²) < 4.78 is 14.8. The first-order chi connectivity index (χ1) is 9.43. The zero-order chi connectivity index (χ0) is 14.9. The molecule has 20 heavy (non-hydrogen) atoms. The molecule has 0 fully saturated rings. The molecule has 0 radical (unpaired) electrons. The minimum atomic E-state index is -0.277. The third-order valence-corrected chi connectivity index (χ3v) is 4.57.